The van der Waals surface area contributed by atoms with E-state index < -0.39 is 0 Å². The molecule has 0 spiro atoms. The van der Waals surface area contributed by atoms with E-state index in [2.05, 4.69) is 27.6 Å². The van der Waals surface area contributed by atoms with Gasteiger partial charge in [-0.25, -0.2) is 0 Å². The van der Waals surface area contributed by atoms with Crippen molar-refractivity contribution < 1.29 is 0 Å². The van der Waals surface area contributed by atoms with E-state index in [1.54, 1.807) is 0 Å². The lowest BCUT2D eigenvalue weighted by Crippen LogP contribution is -2.38. The van der Waals surface area contributed by atoms with Gasteiger partial charge in [-0.2, -0.15) is 0 Å². The van der Waals surface area contributed by atoms with Crippen molar-refractivity contribution in [3.8, 4) is 0 Å². The lowest BCUT2D eigenvalue weighted by molar-refractivity contribution is 0.213. The Morgan fingerprint density at radius 1 is 1.23 bits per heavy atom. The van der Waals surface area contributed by atoms with Crippen LogP contribution in [-0.4, -0.2) is 44.6 Å². The van der Waals surface area contributed by atoms with Gasteiger partial charge < -0.3 is 15.5 Å². The number of hydrogen-bond acceptors (Lipinski definition) is 2. The minimum atomic E-state index is 0.755. The van der Waals surface area contributed by atoms with Crippen molar-refractivity contribution in [2.24, 2.45) is 10.9 Å². The van der Waals surface area contributed by atoms with Crippen LogP contribution in [0, 0.1) is 5.92 Å². The monoisotopic (exact) mass is 322 g/mol. The molecule has 0 amide bonds. The number of likely N-dealkylation sites (tertiary alicyclic amines) is 1. The molecule has 0 atom stereocenters. The summed E-state index contributed by atoms with van der Waals surface area (Å²) in [5.41, 5.74) is 1.20. The van der Waals surface area contributed by atoms with Crippen molar-refractivity contribution in [1.29, 1.82) is 0 Å². The van der Waals surface area contributed by atoms with Crippen molar-refractivity contribution in [3.05, 3.63) is 34.9 Å². The topological polar surface area (TPSA) is 39.7 Å². The molecule has 0 radical (unpaired) electrons. The van der Waals surface area contributed by atoms with Gasteiger partial charge >= 0.3 is 0 Å². The van der Waals surface area contributed by atoms with Crippen LogP contribution >= 0.6 is 11.6 Å². The fourth-order valence-electron chi connectivity index (χ4n) is 2.75. The van der Waals surface area contributed by atoms with Gasteiger partial charge in [-0.05, 0) is 63.0 Å². The first kappa shape index (κ1) is 17.1. The third-order valence-electron chi connectivity index (χ3n) is 4.28. The highest BCUT2D eigenvalue weighted by atomic mass is 35.5. The van der Waals surface area contributed by atoms with Crippen molar-refractivity contribution in [3.63, 3.8) is 0 Å². The molecule has 4 nitrogen and oxygen atoms in total. The number of rotatable bonds is 5. The molecule has 1 aliphatic heterocycles. The summed E-state index contributed by atoms with van der Waals surface area (Å²) in [6, 6.07) is 7.88. The summed E-state index contributed by atoms with van der Waals surface area (Å²) >= 11 is 5.89. The first-order chi connectivity index (χ1) is 10.7. The smallest absolute Gasteiger partial charge is 0.191 e. The van der Waals surface area contributed by atoms with E-state index in [1.165, 1.54) is 37.9 Å². The molecule has 2 N–H and O–H groups in total. The van der Waals surface area contributed by atoms with Crippen LogP contribution in [0.1, 0.15) is 24.8 Å². The molecule has 0 saturated carbocycles. The quantitative estimate of drug-likeness (QED) is 0.647. The highest BCUT2D eigenvalue weighted by Crippen LogP contribution is 2.18. The van der Waals surface area contributed by atoms with Crippen LogP contribution < -0.4 is 10.6 Å². The second kappa shape index (κ2) is 9.01. The zero-order chi connectivity index (χ0) is 15.8. The Labute approximate surface area is 138 Å². The largest absolute Gasteiger partial charge is 0.356 e. The van der Waals surface area contributed by atoms with E-state index in [0.29, 0.717) is 0 Å². The van der Waals surface area contributed by atoms with E-state index in [1.807, 2.05) is 31.3 Å². The summed E-state index contributed by atoms with van der Waals surface area (Å²) in [6.45, 7) is 4.20. The number of piperidine rings is 1. The Morgan fingerprint density at radius 3 is 2.55 bits per heavy atom. The van der Waals surface area contributed by atoms with Gasteiger partial charge in [0.15, 0.2) is 5.96 Å². The normalized spacial score (nSPS) is 17.5. The molecule has 2 rings (SSSR count). The van der Waals surface area contributed by atoms with Crippen LogP contribution in [-0.2, 0) is 6.54 Å². The lowest BCUT2D eigenvalue weighted by Gasteiger charge is -2.29. The first-order valence-corrected chi connectivity index (χ1v) is 8.42. The number of nitrogens with zero attached hydrogens (tertiary/aromatic N) is 2. The molecule has 1 fully saturated rings. The molecule has 1 saturated heterocycles. The van der Waals surface area contributed by atoms with Crippen LogP contribution in [0.4, 0.5) is 0 Å². The van der Waals surface area contributed by atoms with E-state index in [4.69, 9.17) is 11.6 Å². The standard InChI is InChI=1S/C17H27ClN4/c1-19-17(21-13-15-3-5-16(18)6-4-15)20-10-7-14-8-11-22(2)12-9-14/h3-6,14H,7-13H2,1-2H3,(H2,19,20,21). The highest BCUT2D eigenvalue weighted by Gasteiger charge is 2.16. The van der Waals surface area contributed by atoms with Crippen molar-refractivity contribution in [2.75, 3.05) is 33.7 Å². The average molecular weight is 323 g/mol. The van der Waals surface area contributed by atoms with Crippen LogP contribution in [0.15, 0.2) is 29.3 Å². The van der Waals surface area contributed by atoms with Crippen molar-refractivity contribution in [2.45, 2.75) is 25.8 Å². The van der Waals surface area contributed by atoms with Crippen molar-refractivity contribution >= 4 is 17.6 Å². The number of nitrogens with one attached hydrogen (secondary N) is 2. The molecular formula is C17H27ClN4. The van der Waals surface area contributed by atoms with Gasteiger partial charge in [-0.15, -0.1) is 0 Å². The zero-order valence-electron chi connectivity index (χ0n) is 13.6. The Morgan fingerprint density at radius 2 is 1.91 bits per heavy atom. The van der Waals surface area contributed by atoms with Gasteiger partial charge in [0.1, 0.15) is 0 Å². The van der Waals surface area contributed by atoms with E-state index in [9.17, 15) is 0 Å². The van der Waals surface area contributed by atoms with Gasteiger partial charge in [-0.1, -0.05) is 23.7 Å². The number of guanidine groups is 1. The van der Waals surface area contributed by atoms with Crippen LogP contribution in [0.25, 0.3) is 0 Å². The van der Waals surface area contributed by atoms with Gasteiger partial charge in [0.25, 0.3) is 0 Å². The Bertz CT molecular complexity index is 464. The molecule has 0 aromatic heterocycles. The van der Waals surface area contributed by atoms with Gasteiger partial charge in [0.2, 0.25) is 0 Å². The third kappa shape index (κ3) is 5.85. The van der Waals surface area contributed by atoms with E-state index >= 15 is 0 Å². The third-order valence-corrected chi connectivity index (χ3v) is 4.53. The molecular weight excluding hydrogens is 296 g/mol. The summed E-state index contributed by atoms with van der Waals surface area (Å²) in [5.74, 6) is 1.71. The second-order valence-electron chi connectivity index (χ2n) is 6.01. The van der Waals surface area contributed by atoms with Gasteiger partial charge in [0, 0.05) is 25.2 Å². The molecule has 1 aromatic rings. The van der Waals surface area contributed by atoms with Crippen LogP contribution in [0.5, 0.6) is 0 Å². The van der Waals surface area contributed by atoms with Gasteiger partial charge in [-0.3, -0.25) is 4.99 Å². The maximum atomic E-state index is 5.89. The Balaban J connectivity index is 1.66. The summed E-state index contributed by atoms with van der Waals surface area (Å²) in [5, 5.41) is 7.51. The average Bonchev–Trinajstić information content (AvgIpc) is 2.54. The predicted molar refractivity (Wildman–Crippen MR) is 94.5 cm³/mol. The SMILES string of the molecule is CN=C(NCCC1CCN(C)CC1)NCc1ccc(Cl)cc1. The minimum Gasteiger partial charge on any atom is -0.356 e. The number of hydrogen-bond donors (Lipinski definition) is 2. The predicted octanol–water partition coefficient (Wildman–Crippen LogP) is 2.74. The fraction of sp³-hybridized carbons (Fsp3) is 0.588. The molecule has 5 heteroatoms. The number of halogens is 1. The maximum Gasteiger partial charge on any atom is 0.191 e. The molecule has 122 valence electrons. The first-order valence-electron chi connectivity index (χ1n) is 8.05. The molecule has 22 heavy (non-hydrogen) atoms. The van der Waals surface area contributed by atoms with E-state index in [0.717, 1.165) is 30.0 Å². The van der Waals surface area contributed by atoms with E-state index in [-0.39, 0.29) is 0 Å². The summed E-state index contributed by atoms with van der Waals surface area (Å²) in [6.07, 6.45) is 3.85. The minimum absolute atomic E-state index is 0.755. The number of aliphatic imine (C=N–C) groups is 1. The van der Waals surface area contributed by atoms with Crippen molar-refractivity contribution in [1.82, 2.24) is 15.5 Å². The molecule has 1 aromatic carbocycles. The van der Waals surface area contributed by atoms with Crippen LogP contribution in [0.2, 0.25) is 5.02 Å². The Kier molecular flexibility index (Phi) is 7.00. The van der Waals surface area contributed by atoms with Gasteiger partial charge in [0.05, 0.1) is 0 Å². The molecule has 0 bridgehead atoms. The zero-order valence-corrected chi connectivity index (χ0v) is 14.4. The fourth-order valence-corrected chi connectivity index (χ4v) is 2.88. The summed E-state index contributed by atoms with van der Waals surface area (Å²) in [4.78, 5) is 6.69. The van der Waals surface area contributed by atoms with Crippen LogP contribution in [0.3, 0.4) is 0 Å². The molecule has 0 unspecified atom stereocenters. The second-order valence-corrected chi connectivity index (χ2v) is 6.45. The summed E-state index contributed by atoms with van der Waals surface area (Å²) in [7, 11) is 4.02. The summed E-state index contributed by atoms with van der Waals surface area (Å²) < 4.78 is 0. The lowest BCUT2D eigenvalue weighted by atomic mass is 9.94. The Hall–Kier alpha value is -1.26. The molecule has 1 aliphatic rings. The number of benzene rings is 1. The molecule has 1 heterocycles. The maximum absolute atomic E-state index is 5.89. The molecule has 0 aliphatic carbocycles. The highest BCUT2D eigenvalue weighted by molar-refractivity contribution is 6.30.